The van der Waals surface area contributed by atoms with Gasteiger partial charge in [0.2, 0.25) is 0 Å². The number of aliphatic hydroxyl groups is 4. The molecule has 1 aliphatic heterocycles. The number of nitro benzene ring substituents is 1. The van der Waals surface area contributed by atoms with Crippen molar-refractivity contribution in [2.45, 2.75) is 30.6 Å². The Morgan fingerprint density at radius 1 is 1.21 bits per heavy atom. The van der Waals surface area contributed by atoms with Crippen LogP contribution in [-0.2, 0) is 4.74 Å². The Morgan fingerprint density at radius 3 is 2.42 bits per heavy atom. The van der Waals surface area contributed by atoms with Crippen molar-refractivity contribution in [2.75, 3.05) is 11.9 Å². The fourth-order valence-electron chi connectivity index (χ4n) is 2.31. The van der Waals surface area contributed by atoms with Gasteiger partial charge >= 0.3 is 5.97 Å². The van der Waals surface area contributed by atoms with Crippen molar-refractivity contribution >= 4 is 17.3 Å². The number of aromatic carboxylic acids is 1. The van der Waals surface area contributed by atoms with E-state index in [0.29, 0.717) is 0 Å². The number of ether oxygens (including phenoxy) is 1. The lowest BCUT2D eigenvalue weighted by atomic mass is 9.98. The zero-order chi connectivity index (χ0) is 18.0. The molecule has 1 aliphatic rings. The zero-order valence-electron chi connectivity index (χ0n) is 12.1. The molecule has 0 radical (unpaired) electrons. The summed E-state index contributed by atoms with van der Waals surface area (Å²) >= 11 is 0. The van der Waals surface area contributed by atoms with Crippen molar-refractivity contribution in [3.63, 3.8) is 0 Å². The number of carbonyl (C=O) groups is 1. The number of rotatable bonds is 5. The molecule has 11 heteroatoms. The van der Waals surface area contributed by atoms with Gasteiger partial charge in [0.15, 0.2) is 6.23 Å². The standard InChI is InChI=1S/C13H16N2O9/c16-4-8-9(17)10(18)11(19)12(24-8)14-6-1-5(13(20)21)2-7(3-6)15(22)23/h1-3,8-12,14,16-19H,4H2,(H,20,21)/t8-,9+,10+,11-,12-/m0/s1. The van der Waals surface area contributed by atoms with E-state index in [-0.39, 0.29) is 11.3 Å². The van der Waals surface area contributed by atoms with E-state index in [9.17, 15) is 30.2 Å². The van der Waals surface area contributed by atoms with E-state index in [0.717, 1.165) is 18.2 Å². The molecular formula is C13H16N2O9. The third-order valence-corrected chi connectivity index (χ3v) is 3.58. The van der Waals surface area contributed by atoms with E-state index in [1.165, 1.54) is 0 Å². The van der Waals surface area contributed by atoms with Gasteiger partial charge in [-0.05, 0) is 6.07 Å². The lowest BCUT2D eigenvalue weighted by Gasteiger charge is -2.40. The summed E-state index contributed by atoms with van der Waals surface area (Å²) in [6.07, 6.45) is -7.30. The Hall–Kier alpha value is -2.31. The summed E-state index contributed by atoms with van der Waals surface area (Å²) in [5.74, 6) is -1.39. The third-order valence-electron chi connectivity index (χ3n) is 3.58. The van der Waals surface area contributed by atoms with Gasteiger partial charge in [-0.1, -0.05) is 0 Å². The number of hydrogen-bond donors (Lipinski definition) is 6. The van der Waals surface area contributed by atoms with Crippen molar-refractivity contribution in [3.8, 4) is 0 Å². The Bertz CT molecular complexity index is 604. The molecule has 5 atom stereocenters. The number of nitrogens with zero attached hydrogens (tertiary/aromatic N) is 1. The molecule has 0 aliphatic carbocycles. The van der Waals surface area contributed by atoms with Crippen LogP contribution in [-0.4, -0.2) is 73.7 Å². The molecule has 0 saturated carbocycles. The lowest BCUT2D eigenvalue weighted by Crippen LogP contribution is -2.60. The van der Waals surface area contributed by atoms with E-state index >= 15 is 0 Å². The van der Waals surface area contributed by atoms with Crippen molar-refractivity contribution in [3.05, 3.63) is 33.9 Å². The van der Waals surface area contributed by atoms with Crippen LogP contribution in [0.15, 0.2) is 18.2 Å². The van der Waals surface area contributed by atoms with Crippen molar-refractivity contribution in [1.29, 1.82) is 0 Å². The molecule has 1 aromatic carbocycles. The van der Waals surface area contributed by atoms with Crippen molar-refractivity contribution < 1.29 is 40.0 Å². The molecule has 1 heterocycles. The number of nitro groups is 1. The van der Waals surface area contributed by atoms with E-state index < -0.39 is 53.8 Å². The average molecular weight is 344 g/mol. The average Bonchev–Trinajstić information content (AvgIpc) is 2.55. The summed E-state index contributed by atoms with van der Waals surface area (Å²) in [5, 5.41) is 60.8. The van der Waals surface area contributed by atoms with Crippen molar-refractivity contribution in [2.24, 2.45) is 0 Å². The minimum Gasteiger partial charge on any atom is -0.478 e. The number of anilines is 1. The molecule has 0 bridgehead atoms. The third kappa shape index (κ3) is 3.60. The molecule has 2 rings (SSSR count). The second-order valence-electron chi connectivity index (χ2n) is 5.22. The molecule has 0 unspecified atom stereocenters. The molecule has 11 nitrogen and oxygen atoms in total. The summed E-state index contributed by atoms with van der Waals surface area (Å²) in [7, 11) is 0. The number of carboxylic acids is 1. The highest BCUT2D eigenvalue weighted by molar-refractivity contribution is 5.90. The molecule has 0 aromatic heterocycles. The topological polar surface area (TPSA) is 183 Å². The van der Waals surface area contributed by atoms with Gasteiger partial charge in [-0.25, -0.2) is 4.79 Å². The first-order chi connectivity index (χ1) is 11.2. The van der Waals surface area contributed by atoms with Gasteiger partial charge in [0.1, 0.15) is 24.4 Å². The molecule has 0 spiro atoms. The molecule has 1 fully saturated rings. The summed E-state index contributed by atoms with van der Waals surface area (Å²) in [6.45, 7) is -0.640. The van der Waals surface area contributed by atoms with E-state index in [1.54, 1.807) is 0 Å². The van der Waals surface area contributed by atoms with Crippen LogP contribution in [0.4, 0.5) is 11.4 Å². The Kier molecular flexibility index (Phi) is 5.31. The second-order valence-corrected chi connectivity index (χ2v) is 5.22. The number of nitrogens with one attached hydrogen (secondary N) is 1. The van der Waals surface area contributed by atoms with Crippen LogP contribution >= 0.6 is 0 Å². The van der Waals surface area contributed by atoms with E-state index in [2.05, 4.69) is 5.32 Å². The van der Waals surface area contributed by atoms with Gasteiger partial charge in [-0.15, -0.1) is 0 Å². The fourth-order valence-corrected chi connectivity index (χ4v) is 2.31. The molecule has 0 amide bonds. The van der Waals surface area contributed by atoms with Gasteiger partial charge in [0.05, 0.1) is 17.1 Å². The van der Waals surface area contributed by atoms with Crippen LogP contribution in [0.1, 0.15) is 10.4 Å². The SMILES string of the molecule is O=C(O)c1cc(N[C@H]2O[C@@H](CO)[C@@H](O)[C@@H](O)[C@@H]2O)cc([N+](=O)[O-])c1. The molecule has 24 heavy (non-hydrogen) atoms. The van der Waals surface area contributed by atoms with Crippen LogP contribution in [0, 0.1) is 10.1 Å². The highest BCUT2D eigenvalue weighted by atomic mass is 16.6. The highest BCUT2D eigenvalue weighted by Gasteiger charge is 2.43. The number of aliphatic hydroxyl groups excluding tert-OH is 4. The molecule has 6 N–H and O–H groups in total. The first-order valence-electron chi connectivity index (χ1n) is 6.84. The Morgan fingerprint density at radius 2 is 1.88 bits per heavy atom. The molecule has 132 valence electrons. The maximum Gasteiger partial charge on any atom is 0.336 e. The van der Waals surface area contributed by atoms with Crippen LogP contribution < -0.4 is 5.32 Å². The van der Waals surface area contributed by atoms with Crippen LogP contribution in [0.3, 0.4) is 0 Å². The van der Waals surface area contributed by atoms with Crippen LogP contribution in [0.2, 0.25) is 0 Å². The minimum atomic E-state index is -1.63. The first-order valence-corrected chi connectivity index (χ1v) is 6.84. The quantitative estimate of drug-likeness (QED) is 0.271. The van der Waals surface area contributed by atoms with Crippen LogP contribution in [0.5, 0.6) is 0 Å². The van der Waals surface area contributed by atoms with Crippen LogP contribution in [0.25, 0.3) is 0 Å². The van der Waals surface area contributed by atoms with E-state index in [4.69, 9.17) is 14.9 Å². The predicted molar refractivity (Wildman–Crippen MR) is 77.4 cm³/mol. The molecule has 1 saturated heterocycles. The highest BCUT2D eigenvalue weighted by Crippen LogP contribution is 2.26. The number of hydrogen-bond acceptors (Lipinski definition) is 9. The number of carboxylic acid groups (broad SMARTS) is 1. The maximum atomic E-state index is 11.0. The summed E-state index contributed by atoms with van der Waals surface area (Å²) < 4.78 is 5.20. The smallest absolute Gasteiger partial charge is 0.336 e. The van der Waals surface area contributed by atoms with Crippen molar-refractivity contribution in [1.82, 2.24) is 0 Å². The minimum absolute atomic E-state index is 0.0501. The van der Waals surface area contributed by atoms with Gasteiger partial charge in [-0.2, -0.15) is 0 Å². The summed E-state index contributed by atoms with van der Waals surface area (Å²) in [4.78, 5) is 21.1. The molecule has 1 aromatic rings. The Labute approximate surface area is 134 Å². The largest absolute Gasteiger partial charge is 0.478 e. The van der Waals surface area contributed by atoms with Gasteiger partial charge in [0, 0.05) is 17.8 Å². The maximum absolute atomic E-state index is 11.0. The van der Waals surface area contributed by atoms with Gasteiger partial charge in [0.25, 0.3) is 5.69 Å². The van der Waals surface area contributed by atoms with E-state index in [1.807, 2.05) is 0 Å². The van der Waals surface area contributed by atoms with Gasteiger partial charge in [-0.3, -0.25) is 10.1 Å². The summed E-state index contributed by atoms with van der Waals surface area (Å²) in [5.41, 5.74) is -0.913. The zero-order valence-corrected chi connectivity index (χ0v) is 12.1. The molecular weight excluding hydrogens is 328 g/mol. The Balaban J connectivity index is 2.29. The fraction of sp³-hybridized carbons (Fsp3) is 0.462. The summed E-state index contributed by atoms with van der Waals surface area (Å²) in [6, 6.07) is 2.96. The number of non-ortho nitro benzene ring substituents is 1. The monoisotopic (exact) mass is 344 g/mol. The lowest BCUT2D eigenvalue weighted by molar-refractivity contribution is -0.384. The predicted octanol–water partition coefficient (Wildman–Crippen LogP) is -1.50. The normalized spacial score (nSPS) is 29.9. The number of benzene rings is 1. The second kappa shape index (κ2) is 7.07. The van der Waals surface area contributed by atoms with Gasteiger partial charge < -0.3 is 35.6 Å². The first kappa shape index (κ1) is 18.0.